The molecule has 5 heteroatoms. The molecule has 1 atom stereocenters. The Morgan fingerprint density at radius 1 is 1.61 bits per heavy atom. The van der Waals surface area contributed by atoms with E-state index in [2.05, 4.69) is 10.3 Å². The van der Waals surface area contributed by atoms with E-state index in [1.54, 1.807) is 6.07 Å². The Hall–Kier alpha value is -1.23. The number of anilines is 1. The van der Waals surface area contributed by atoms with Gasteiger partial charge in [-0.05, 0) is 42.9 Å². The number of aryl methyl sites for hydroxylation is 1. The van der Waals surface area contributed by atoms with Gasteiger partial charge in [-0.1, -0.05) is 0 Å². The van der Waals surface area contributed by atoms with Crippen LogP contribution in [0, 0.1) is 12.8 Å². The maximum Gasteiger partial charge on any atom is 0.339 e. The minimum Gasteiger partial charge on any atom is -0.465 e. The number of nitrogens with zero attached hydrogens (tertiary/aromatic N) is 1. The fourth-order valence-electron chi connectivity index (χ4n) is 1.98. The molecule has 0 bridgehead atoms. The highest BCUT2D eigenvalue weighted by Gasteiger charge is 2.15. The number of ether oxygens (including phenoxy) is 1. The number of pyridine rings is 1. The van der Waals surface area contributed by atoms with Gasteiger partial charge in [0.2, 0.25) is 0 Å². The Bertz CT molecular complexity index is 431. The minimum absolute atomic E-state index is 0.334. The number of carbonyl (C=O) groups is 1. The van der Waals surface area contributed by atoms with E-state index in [0.717, 1.165) is 18.3 Å². The van der Waals surface area contributed by atoms with Crippen molar-refractivity contribution in [1.29, 1.82) is 0 Å². The minimum atomic E-state index is -0.334. The van der Waals surface area contributed by atoms with Crippen LogP contribution < -0.4 is 5.32 Å². The molecule has 0 aliphatic carbocycles. The third kappa shape index (κ3) is 3.16. The Kier molecular flexibility index (Phi) is 4.47. The number of nitrogens with one attached hydrogen (secondary N) is 1. The number of hydrogen-bond acceptors (Lipinski definition) is 5. The predicted molar refractivity (Wildman–Crippen MR) is 74.2 cm³/mol. The Morgan fingerprint density at radius 2 is 2.44 bits per heavy atom. The van der Waals surface area contributed by atoms with Gasteiger partial charge in [0.15, 0.2) is 0 Å². The third-order valence-corrected chi connectivity index (χ3v) is 4.32. The number of hydrogen-bond donors (Lipinski definition) is 1. The van der Waals surface area contributed by atoms with E-state index in [-0.39, 0.29) is 5.97 Å². The summed E-state index contributed by atoms with van der Waals surface area (Å²) < 4.78 is 4.70. The third-order valence-electron chi connectivity index (χ3n) is 3.09. The molecule has 0 aromatic carbocycles. The lowest BCUT2D eigenvalue weighted by Crippen LogP contribution is -2.15. The number of methoxy groups -OCH3 is 1. The normalized spacial score (nSPS) is 18.7. The lowest BCUT2D eigenvalue weighted by Gasteiger charge is -2.11. The monoisotopic (exact) mass is 266 g/mol. The Labute approximate surface area is 112 Å². The van der Waals surface area contributed by atoms with Crippen LogP contribution in [0.3, 0.4) is 0 Å². The van der Waals surface area contributed by atoms with Gasteiger partial charge in [0.1, 0.15) is 5.82 Å². The smallest absolute Gasteiger partial charge is 0.339 e. The summed E-state index contributed by atoms with van der Waals surface area (Å²) >= 11 is 2.01. The van der Waals surface area contributed by atoms with Gasteiger partial charge < -0.3 is 10.1 Å². The largest absolute Gasteiger partial charge is 0.465 e. The Morgan fingerprint density at radius 3 is 3.06 bits per heavy atom. The van der Waals surface area contributed by atoms with Crippen LogP contribution in [0.1, 0.15) is 22.5 Å². The van der Waals surface area contributed by atoms with Crippen molar-refractivity contribution in [3.63, 3.8) is 0 Å². The van der Waals surface area contributed by atoms with Gasteiger partial charge in [-0.25, -0.2) is 9.78 Å². The van der Waals surface area contributed by atoms with E-state index in [4.69, 9.17) is 4.74 Å². The van der Waals surface area contributed by atoms with Gasteiger partial charge in [0, 0.05) is 6.54 Å². The predicted octanol–water partition coefficient (Wildman–Crippen LogP) is 2.34. The molecule has 0 saturated carbocycles. The Balaban J connectivity index is 1.97. The summed E-state index contributed by atoms with van der Waals surface area (Å²) in [7, 11) is 1.38. The van der Waals surface area contributed by atoms with E-state index in [0.29, 0.717) is 11.3 Å². The zero-order valence-corrected chi connectivity index (χ0v) is 11.5. The lowest BCUT2D eigenvalue weighted by atomic mass is 10.1. The highest BCUT2D eigenvalue weighted by molar-refractivity contribution is 7.99. The van der Waals surface area contributed by atoms with E-state index in [1.165, 1.54) is 25.0 Å². The van der Waals surface area contributed by atoms with Gasteiger partial charge in [0.05, 0.1) is 18.4 Å². The van der Waals surface area contributed by atoms with Crippen molar-refractivity contribution >= 4 is 23.5 Å². The molecule has 18 heavy (non-hydrogen) atoms. The second-order valence-electron chi connectivity index (χ2n) is 4.43. The second kappa shape index (κ2) is 6.09. The van der Waals surface area contributed by atoms with Crippen LogP contribution >= 0.6 is 11.8 Å². The molecule has 2 heterocycles. The summed E-state index contributed by atoms with van der Waals surface area (Å²) in [6.45, 7) is 2.78. The van der Waals surface area contributed by atoms with E-state index in [1.807, 2.05) is 24.8 Å². The number of carbonyl (C=O) groups excluding carboxylic acids is 1. The maximum absolute atomic E-state index is 11.4. The van der Waals surface area contributed by atoms with Crippen LogP contribution in [-0.4, -0.2) is 36.1 Å². The van der Waals surface area contributed by atoms with Gasteiger partial charge in [-0.15, -0.1) is 0 Å². The average Bonchev–Trinajstić information content (AvgIpc) is 2.88. The van der Waals surface area contributed by atoms with Crippen molar-refractivity contribution < 1.29 is 9.53 Å². The molecule has 0 radical (unpaired) electrons. The summed E-state index contributed by atoms with van der Waals surface area (Å²) in [4.78, 5) is 15.8. The number of aromatic nitrogens is 1. The summed E-state index contributed by atoms with van der Waals surface area (Å²) in [6, 6.07) is 3.60. The summed E-state index contributed by atoms with van der Waals surface area (Å²) in [5.74, 6) is 3.72. The fraction of sp³-hybridized carbons (Fsp3) is 0.538. The van der Waals surface area contributed by atoms with Crippen molar-refractivity contribution in [2.24, 2.45) is 5.92 Å². The second-order valence-corrected chi connectivity index (χ2v) is 5.58. The molecule has 0 amide bonds. The highest BCUT2D eigenvalue weighted by atomic mass is 32.2. The maximum atomic E-state index is 11.4. The zero-order valence-electron chi connectivity index (χ0n) is 10.7. The van der Waals surface area contributed by atoms with Gasteiger partial charge in [-0.2, -0.15) is 11.8 Å². The van der Waals surface area contributed by atoms with Crippen LogP contribution in [0.2, 0.25) is 0 Å². The first-order valence-corrected chi connectivity index (χ1v) is 7.23. The molecular formula is C13H18N2O2S. The molecule has 1 aromatic heterocycles. The quantitative estimate of drug-likeness (QED) is 0.848. The van der Waals surface area contributed by atoms with Crippen LogP contribution in [0.25, 0.3) is 0 Å². The average molecular weight is 266 g/mol. The van der Waals surface area contributed by atoms with Crippen LogP contribution in [0.5, 0.6) is 0 Å². The van der Waals surface area contributed by atoms with Crippen molar-refractivity contribution in [3.8, 4) is 0 Å². The van der Waals surface area contributed by atoms with E-state index in [9.17, 15) is 4.79 Å². The molecule has 1 unspecified atom stereocenters. The van der Waals surface area contributed by atoms with Gasteiger partial charge in [-0.3, -0.25) is 0 Å². The zero-order chi connectivity index (χ0) is 13.0. The van der Waals surface area contributed by atoms with Crippen LogP contribution in [0.4, 0.5) is 5.82 Å². The standard InChI is InChI=1S/C13H18N2O2S/c1-9-11(13(16)17-2)3-4-12(15-9)14-7-10-5-6-18-8-10/h3-4,10H,5-8H2,1-2H3,(H,14,15). The summed E-state index contributed by atoms with van der Waals surface area (Å²) in [5.41, 5.74) is 1.23. The molecule has 1 N–H and O–H groups in total. The van der Waals surface area contributed by atoms with Crippen LogP contribution in [0.15, 0.2) is 12.1 Å². The number of thioether (sulfide) groups is 1. The topological polar surface area (TPSA) is 51.2 Å². The molecule has 4 nitrogen and oxygen atoms in total. The van der Waals surface area contributed by atoms with Crippen molar-refractivity contribution in [1.82, 2.24) is 4.98 Å². The fourth-order valence-corrected chi connectivity index (χ4v) is 3.26. The van der Waals surface area contributed by atoms with Crippen molar-refractivity contribution in [2.45, 2.75) is 13.3 Å². The molecule has 1 fully saturated rings. The molecular weight excluding hydrogens is 248 g/mol. The lowest BCUT2D eigenvalue weighted by molar-refractivity contribution is 0.0599. The molecule has 1 saturated heterocycles. The van der Waals surface area contributed by atoms with Gasteiger partial charge in [0.25, 0.3) is 0 Å². The SMILES string of the molecule is COC(=O)c1ccc(NCC2CCSC2)nc1C. The molecule has 1 aliphatic rings. The summed E-state index contributed by atoms with van der Waals surface area (Å²) in [5, 5.41) is 3.34. The number of rotatable bonds is 4. The first kappa shape index (κ1) is 13.2. The molecule has 2 rings (SSSR count). The van der Waals surface area contributed by atoms with Crippen molar-refractivity contribution in [2.75, 3.05) is 30.5 Å². The van der Waals surface area contributed by atoms with Crippen molar-refractivity contribution in [3.05, 3.63) is 23.4 Å². The first-order valence-electron chi connectivity index (χ1n) is 6.08. The van der Waals surface area contributed by atoms with Crippen LogP contribution in [-0.2, 0) is 4.74 Å². The molecule has 1 aromatic rings. The molecule has 98 valence electrons. The van der Waals surface area contributed by atoms with E-state index >= 15 is 0 Å². The van der Waals surface area contributed by atoms with Gasteiger partial charge >= 0.3 is 5.97 Å². The number of esters is 1. The first-order chi connectivity index (χ1) is 8.70. The summed E-state index contributed by atoms with van der Waals surface area (Å²) in [6.07, 6.45) is 1.27. The van der Waals surface area contributed by atoms with E-state index < -0.39 is 0 Å². The highest BCUT2D eigenvalue weighted by Crippen LogP contribution is 2.23. The molecule has 0 spiro atoms. The molecule has 1 aliphatic heterocycles.